The van der Waals surface area contributed by atoms with Crippen LogP contribution in [0.1, 0.15) is 20.3 Å². The van der Waals surface area contributed by atoms with E-state index >= 15 is 0 Å². The van der Waals surface area contributed by atoms with Gasteiger partial charge in [-0.15, -0.1) is 0 Å². The summed E-state index contributed by atoms with van der Waals surface area (Å²) in [6, 6.07) is -1.35. The molecule has 2 atom stereocenters. The summed E-state index contributed by atoms with van der Waals surface area (Å²) < 4.78 is 0. The molecule has 0 bridgehead atoms. The van der Waals surface area contributed by atoms with E-state index in [2.05, 4.69) is 10.6 Å². The highest BCUT2D eigenvalue weighted by Gasteiger charge is 2.19. The summed E-state index contributed by atoms with van der Waals surface area (Å²) >= 11 is 0. The number of hydrogen-bond donors (Lipinski definition) is 3. The van der Waals surface area contributed by atoms with Gasteiger partial charge in [-0.1, -0.05) is 6.92 Å². The molecular weight excluding hydrogens is 186 g/mol. The van der Waals surface area contributed by atoms with Crippen molar-refractivity contribution in [3.8, 4) is 0 Å². The third-order valence-electron chi connectivity index (χ3n) is 1.78. The van der Waals surface area contributed by atoms with Gasteiger partial charge in [-0.05, 0) is 13.3 Å². The summed E-state index contributed by atoms with van der Waals surface area (Å²) in [5, 5.41) is 4.71. The Morgan fingerprint density at radius 3 is 2.43 bits per heavy atom. The van der Waals surface area contributed by atoms with Gasteiger partial charge in [0.2, 0.25) is 18.2 Å². The fraction of sp³-hybridized carbons (Fsp3) is 0.625. The molecule has 0 rings (SSSR count). The molecule has 0 aliphatic carbocycles. The first-order chi connectivity index (χ1) is 6.52. The van der Waals surface area contributed by atoms with Crippen molar-refractivity contribution < 1.29 is 14.4 Å². The Morgan fingerprint density at radius 2 is 2.07 bits per heavy atom. The second-order valence-corrected chi connectivity index (χ2v) is 2.88. The van der Waals surface area contributed by atoms with Crippen LogP contribution >= 0.6 is 0 Å². The number of carbonyl (C=O) groups excluding carboxylic acids is 3. The lowest BCUT2D eigenvalue weighted by Crippen LogP contribution is -2.50. The van der Waals surface area contributed by atoms with Crippen molar-refractivity contribution in [2.75, 3.05) is 0 Å². The van der Waals surface area contributed by atoms with Crippen LogP contribution in [0, 0.1) is 0 Å². The van der Waals surface area contributed by atoms with Crippen LogP contribution in [0.5, 0.6) is 0 Å². The van der Waals surface area contributed by atoms with Gasteiger partial charge in [0.15, 0.2) is 0 Å². The summed E-state index contributed by atoms with van der Waals surface area (Å²) in [7, 11) is 0. The van der Waals surface area contributed by atoms with Crippen LogP contribution in [-0.4, -0.2) is 30.3 Å². The molecule has 0 heterocycles. The van der Waals surface area contributed by atoms with E-state index in [1.54, 1.807) is 6.92 Å². The number of nitrogens with two attached hydrogens (primary N) is 1. The molecule has 4 N–H and O–H groups in total. The third-order valence-corrected chi connectivity index (χ3v) is 1.78. The van der Waals surface area contributed by atoms with Gasteiger partial charge in [0.1, 0.15) is 12.1 Å². The van der Waals surface area contributed by atoms with E-state index in [-0.39, 0.29) is 0 Å². The predicted octanol–water partition coefficient (Wildman–Crippen LogP) is -1.50. The third kappa shape index (κ3) is 3.88. The fourth-order valence-corrected chi connectivity index (χ4v) is 0.846. The molecule has 6 heteroatoms. The summed E-state index contributed by atoms with van der Waals surface area (Å²) in [6.45, 7) is 3.23. The fourth-order valence-electron chi connectivity index (χ4n) is 0.846. The maximum atomic E-state index is 11.3. The Labute approximate surface area is 82.2 Å². The summed E-state index contributed by atoms with van der Waals surface area (Å²) in [5.74, 6) is -1.02. The Hall–Kier alpha value is -1.59. The van der Waals surface area contributed by atoms with Gasteiger partial charge in [0.05, 0.1) is 0 Å². The van der Waals surface area contributed by atoms with Crippen molar-refractivity contribution in [1.29, 1.82) is 0 Å². The van der Waals surface area contributed by atoms with Crippen LogP contribution in [0.4, 0.5) is 0 Å². The second-order valence-electron chi connectivity index (χ2n) is 2.88. The van der Waals surface area contributed by atoms with Crippen molar-refractivity contribution in [2.45, 2.75) is 32.4 Å². The molecule has 14 heavy (non-hydrogen) atoms. The number of amides is 3. The van der Waals surface area contributed by atoms with E-state index in [1.165, 1.54) is 6.92 Å². The number of nitrogens with one attached hydrogen (secondary N) is 2. The second kappa shape index (κ2) is 5.95. The molecule has 0 aromatic heterocycles. The lowest BCUT2D eigenvalue weighted by Gasteiger charge is -2.16. The summed E-state index contributed by atoms with van der Waals surface area (Å²) in [6.07, 6.45) is 0.902. The minimum Gasteiger partial charge on any atom is -0.368 e. The molecule has 6 nitrogen and oxygen atoms in total. The molecule has 0 saturated heterocycles. The van der Waals surface area contributed by atoms with E-state index in [4.69, 9.17) is 5.73 Å². The quantitative estimate of drug-likeness (QED) is 0.456. The van der Waals surface area contributed by atoms with Gasteiger partial charge in [-0.25, -0.2) is 0 Å². The molecule has 0 spiro atoms. The minimum atomic E-state index is -0.731. The van der Waals surface area contributed by atoms with Crippen LogP contribution in [0.25, 0.3) is 0 Å². The average Bonchev–Trinajstić information content (AvgIpc) is 2.13. The molecule has 0 saturated carbocycles. The first-order valence-electron chi connectivity index (χ1n) is 4.32. The molecule has 0 aliphatic heterocycles. The van der Waals surface area contributed by atoms with Crippen LogP contribution in [0.2, 0.25) is 0 Å². The van der Waals surface area contributed by atoms with Crippen LogP contribution in [0.3, 0.4) is 0 Å². The standard InChI is InChI=1S/C8H15N3O3/c1-3-6(10-4-12)8(14)11-5(2)7(9)13/h4-6H,3H2,1-2H3,(H2,9,13)(H,10,12)(H,11,14). The highest BCUT2D eigenvalue weighted by Crippen LogP contribution is 1.91. The maximum Gasteiger partial charge on any atom is 0.243 e. The smallest absolute Gasteiger partial charge is 0.243 e. The van der Waals surface area contributed by atoms with Gasteiger partial charge in [-0.3, -0.25) is 14.4 Å². The first kappa shape index (κ1) is 12.4. The van der Waals surface area contributed by atoms with Gasteiger partial charge < -0.3 is 16.4 Å². The molecule has 3 amide bonds. The van der Waals surface area contributed by atoms with Crippen LogP contribution in [0.15, 0.2) is 0 Å². The maximum absolute atomic E-state index is 11.3. The zero-order valence-corrected chi connectivity index (χ0v) is 8.24. The average molecular weight is 201 g/mol. The highest BCUT2D eigenvalue weighted by molar-refractivity contribution is 5.89. The van der Waals surface area contributed by atoms with Crippen molar-refractivity contribution in [2.24, 2.45) is 5.73 Å². The SMILES string of the molecule is CCC(NC=O)C(=O)NC(C)C(N)=O. The molecule has 0 aromatic rings. The number of primary amides is 1. The molecule has 0 aliphatic rings. The Balaban J connectivity index is 4.16. The Kier molecular flexibility index (Phi) is 5.28. The number of carbonyl (C=O) groups is 3. The van der Waals surface area contributed by atoms with E-state index in [0.29, 0.717) is 12.8 Å². The lowest BCUT2D eigenvalue weighted by molar-refractivity contribution is -0.129. The topological polar surface area (TPSA) is 101 Å². The number of hydrogen-bond acceptors (Lipinski definition) is 3. The zero-order chi connectivity index (χ0) is 11.1. The monoisotopic (exact) mass is 201 g/mol. The molecule has 0 radical (unpaired) electrons. The first-order valence-corrected chi connectivity index (χ1v) is 4.32. The van der Waals surface area contributed by atoms with E-state index in [9.17, 15) is 14.4 Å². The number of rotatable bonds is 6. The van der Waals surface area contributed by atoms with E-state index in [0.717, 1.165) is 0 Å². The molecule has 0 aromatic carbocycles. The summed E-state index contributed by atoms with van der Waals surface area (Å²) in [5.41, 5.74) is 4.96. The molecule has 0 fully saturated rings. The minimum absolute atomic E-state index is 0.411. The Bertz CT molecular complexity index is 230. The van der Waals surface area contributed by atoms with E-state index in [1.807, 2.05) is 0 Å². The predicted molar refractivity (Wildman–Crippen MR) is 50.1 cm³/mol. The zero-order valence-electron chi connectivity index (χ0n) is 8.24. The van der Waals surface area contributed by atoms with Crippen molar-refractivity contribution in [3.63, 3.8) is 0 Å². The van der Waals surface area contributed by atoms with Crippen molar-refractivity contribution in [3.05, 3.63) is 0 Å². The summed E-state index contributed by atoms with van der Waals surface area (Å²) in [4.78, 5) is 32.1. The van der Waals surface area contributed by atoms with Gasteiger partial charge in [-0.2, -0.15) is 0 Å². The lowest BCUT2D eigenvalue weighted by atomic mass is 10.2. The van der Waals surface area contributed by atoms with Gasteiger partial charge in [0, 0.05) is 0 Å². The molecule has 2 unspecified atom stereocenters. The van der Waals surface area contributed by atoms with Crippen LogP contribution < -0.4 is 16.4 Å². The van der Waals surface area contributed by atoms with Crippen molar-refractivity contribution >= 4 is 18.2 Å². The Morgan fingerprint density at radius 1 is 1.50 bits per heavy atom. The van der Waals surface area contributed by atoms with Crippen LogP contribution in [-0.2, 0) is 14.4 Å². The normalized spacial score (nSPS) is 13.9. The van der Waals surface area contributed by atoms with E-state index < -0.39 is 23.9 Å². The molecular formula is C8H15N3O3. The van der Waals surface area contributed by atoms with Gasteiger partial charge in [0.25, 0.3) is 0 Å². The highest BCUT2D eigenvalue weighted by atomic mass is 16.2. The van der Waals surface area contributed by atoms with Gasteiger partial charge >= 0.3 is 0 Å². The molecule has 80 valence electrons. The van der Waals surface area contributed by atoms with Crippen molar-refractivity contribution in [1.82, 2.24) is 10.6 Å². The largest absolute Gasteiger partial charge is 0.368 e.